The van der Waals surface area contributed by atoms with Crippen molar-refractivity contribution in [2.24, 2.45) is 0 Å². The highest BCUT2D eigenvalue weighted by Gasteiger charge is 2.24. The molecule has 0 N–H and O–H groups in total. The van der Waals surface area contributed by atoms with E-state index in [2.05, 4.69) is 4.90 Å². The van der Waals surface area contributed by atoms with Gasteiger partial charge < -0.3 is 19.3 Å². The van der Waals surface area contributed by atoms with Gasteiger partial charge in [0.05, 0.1) is 9.80 Å². The second kappa shape index (κ2) is 8.51. The van der Waals surface area contributed by atoms with Crippen LogP contribution in [0.25, 0.3) is 10.4 Å². The summed E-state index contributed by atoms with van der Waals surface area (Å²) in [6.45, 7) is 3.67. The highest BCUT2D eigenvalue weighted by atomic mass is 32.1. The van der Waals surface area contributed by atoms with Gasteiger partial charge in [-0.05, 0) is 48.0 Å². The molecule has 0 saturated carbocycles. The van der Waals surface area contributed by atoms with Crippen LogP contribution in [0.15, 0.2) is 54.6 Å². The van der Waals surface area contributed by atoms with Gasteiger partial charge in [-0.1, -0.05) is 0 Å². The number of anilines is 1. The monoisotopic (exact) mass is 451 g/mol. The first-order valence-corrected chi connectivity index (χ1v) is 11.2. The topological polar surface area (TPSA) is 85.2 Å². The van der Waals surface area contributed by atoms with Crippen LogP contribution in [0.1, 0.15) is 9.67 Å². The summed E-state index contributed by atoms with van der Waals surface area (Å²) in [5, 5.41) is 10.8. The highest BCUT2D eigenvalue weighted by Crippen LogP contribution is 2.37. The third-order valence-electron chi connectivity index (χ3n) is 5.64. The molecule has 0 aliphatic carbocycles. The quantitative estimate of drug-likeness (QED) is 0.439. The summed E-state index contributed by atoms with van der Waals surface area (Å²) in [6, 6.07) is 16.2. The molecular formula is C23H21N3O5S. The number of hydrogen-bond donors (Lipinski definition) is 0. The Balaban J connectivity index is 1.23. The molecule has 0 atom stereocenters. The van der Waals surface area contributed by atoms with Crippen LogP contribution in [0.2, 0.25) is 0 Å². The van der Waals surface area contributed by atoms with Gasteiger partial charge >= 0.3 is 0 Å². The number of hydrogen-bond acceptors (Lipinski definition) is 7. The molecule has 0 radical (unpaired) electrons. The molecule has 1 saturated heterocycles. The predicted octanol–water partition coefficient (Wildman–Crippen LogP) is 4.06. The molecule has 3 aromatic rings. The second-order valence-corrected chi connectivity index (χ2v) is 8.66. The highest BCUT2D eigenvalue weighted by molar-refractivity contribution is 7.17. The number of nitrogens with zero attached hydrogens (tertiary/aromatic N) is 3. The Bertz CT molecular complexity index is 1150. The van der Waals surface area contributed by atoms with Crippen molar-refractivity contribution in [1.29, 1.82) is 0 Å². The van der Waals surface area contributed by atoms with Crippen LogP contribution in [0.4, 0.5) is 11.4 Å². The normalized spacial score (nSPS) is 15.5. The fraction of sp³-hybridized carbons (Fsp3) is 0.261. The van der Waals surface area contributed by atoms with Crippen molar-refractivity contribution in [1.82, 2.24) is 4.90 Å². The summed E-state index contributed by atoms with van der Waals surface area (Å²) in [6.07, 6.45) is 0. The molecule has 8 nitrogen and oxygen atoms in total. The third-order valence-corrected chi connectivity index (χ3v) is 6.76. The zero-order valence-corrected chi connectivity index (χ0v) is 18.0. The van der Waals surface area contributed by atoms with Crippen molar-refractivity contribution in [3.05, 3.63) is 69.6 Å². The second-order valence-electron chi connectivity index (χ2n) is 7.58. The Morgan fingerprint density at radius 1 is 0.906 bits per heavy atom. The Morgan fingerprint density at radius 2 is 1.62 bits per heavy atom. The van der Waals surface area contributed by atoms with Crippen molar-refractivity contribution in [2.45, 2.75) is 0 Å². The molecule has 5 rings (SSSR count). The van der Waals surface area contributed by atoms with Gasteiger partial charge in [0.1, 0.15) is 13.2 Å². The minimum absolute atomic E-state index is 0.0298. The van der Waals surface area contributed by atoms with Gasteiger partial charge in [0.15, 0.2) is 11.5 Å². The Labute approximate surface area is 188 Å². The van der Waals surface area contributed by atoms with Crippen LogP contribution in [0.3, 0.4) is 0 Å². The van der Waals surface area contributed by atoms with Gasteiger partial charge in [0, 0.05) is 48.9 Å². The van der Waals surface area contributed by atoms with Crippen molar-refractivity contribution in [3.63, 3.8) is 0 Å². The molecule has 0 unspecified atom stereocenters. The number of carbonyl (C=O) groups is 1. The Morgan fingerprint density at radius 3 is 2.34 bits per heavy atom. The van der Waals surface area contributed by atoms with E-state index in [0.29, 0.717) is 44.3 Å². The van der Waals surface area contributed by atoms with Gasteiger partial charge in [-0.25, -0.2) is 0 Å². The summed E-state index contributed by atoms with van der Waals surface area (Å²) < 4.78 is 11.2. The first-order valence-electron chi connectivity index (χ1n) is 10.4. The number of rotatable bonds is 4. The van der Waals surface area contributed by atoms with E-state index in [9.17, 15) is 14.9 Å². The average molecular weight is 452 g/mol. The Kier molecular flexibility index (Phi) is 5.40. The van der Waals surface area contributed by atoms with Crippen LogP contribution in [0.5, 0.6) is 11.5 Å². The molecule has 1 fully saturated rings. The molecule has 2 aliphatic rings. The lowest BCUT2D eigenvalue weighted by Crippen LogP contribution is -2.48. The lowest BCUT2D eigenvalue weighted by molar-refractivity contribution is -0.384. The number of nitro benzene ring substituents is 1. The summed E-state index contributed by atoms with van der Waals surface area (Å²) in [5.74, 6) is 1.51. The van der Waals surface area contributed by atoms with Crippen LogP contribution < -0.4 is 14.4 Å². The maximum absolute atomic E-state index is 13.0. The van der Waals surface area contributed by atoms with E-state index in [1.54, 1.807) is 12.1 Å². The number of fused-ring (bicyclic) bond motifs is 1. The minimum Gasteiger partial charge on any atom is -0.486 e. The predicted molar refractivity (Wildman–Crippen MR) is 122 cm³/mol. The number of benzene rings is 2. The lowest BCUT2D eigenvalue weighted by atomic mass is 10.1. The van der Waals surface area contributed by atoms with E-state index >= 15 is 0 Å². The minimum atomic E-state index is -0.402. The number of nitro groups is 1. The van der Waals surface area contributed by atoms with E-state index in [4.69, 9.17) is 9.47 Å². The summed E-state index contributed by atoms with van der Waals surface area (Å²) in [4.78, 5) is 29.2. The zero-order chi connectivity index (χ0) is 22.1. The molecule has 9 heteroatoms. The number of non-ortho nitro benzene ring substituents is 1. The molecule has 164 valence electrons. The van der Waals surface area contributed by atoms with Crippen LogP contribution in [-0.4, -0.2) is 55.1 Å². The van der Waals surface area contributed by atoms with E-state index in [1.165, 1.54) is 23.5 Å². The maximum Gasteiger partial charge on any atom is 0.269 e. The lowest BCUT2D eigenvalue weighted by Gasteiger charge is -2.35. The third kappa shape index (κ3) is 3.99. The Hall–Kier alpha value is -3.59. The maximum atomic E-state index is 13.0. The van der Waals surface area contributed by atoms with Crippen molar-refractivity contribution >= 4 is 28.6 Å². The summed E-state index contributed by atoms with van der Waals surface area (Å²) >= 11 is 1.47. The van der Waals surface area contributed by atoms with Gasteiger partial charge in [-0.15, -0.1) is 11.3 Å². The van der Waals surface area contributed by atoms with E-state index in [1.807, 2.05) is 35.2 Å². The molecule has 2 aliphatic heterocycles. The van der Waals surface area contributed by atoms with Crippen LogP contribution >= 0.6 is 11.3 Å². The number of ether oxygens (including phenoxy) is 2. The van der Waals surface area contributed by atoms with Crippen molar-refractivity contribution < 1.29 is 19.2 Å². The molecule has 0 bridgehead atoms. The van der Waals surface area contributed by atoms with E-state index < -0.39 is 4.92 Å². The fourth-order valence-electron chi connectivity index (χ4n) is 3.91. The molecule has 32 heavy (non-hydrogen) atoms. The standard InChI is InChI=1S/C23H21N3O5S/c27-23(25-11-9-24(10-12-25)17-2-4-18(5-3-17)26(28)29)22-8-7-21(32-22)16-1-6-19-20(15-16)31-14-13-30-19/h1-8,15H,9-14H2. The number of carbonyl (C=O) groups excluding carboxylic acids is 1. The van der Waals surface area contributed by atoms with Gasteiger partial charge in [-0.2, -0.15) is 0 Å². The van der Waals surface area contributed by atoms with Gasteiger partial charge in [0.25, 0.3) is 11.6 Å². The van der Waals surface area contributed by atoms with Crippen LogP contribution in [-0.2, 0) is 0 Å². The molecule has 2 aromatic carbocycles. The zero-order valence-electron chi connectivity index (χ0n) is 17.2. The number of amides is 1. The smallest absolute Gasteiger partial charge is 0.269 e. The summed E-state index contributed by atoms with van der Waals surface area (Å²) in [5.41, 5.74) is 2.01. The molecule has 1 amide bonds. The molecular weight excluding hydrogens is 430 g/mol. The number of thiophene rings is 1. The fourth-order valence-corrected chi connectivity index (χ4v) is 4.88. The molecule has 3 heterocycles. The van der Waals surface area contributed by atoms with Gasteiger partial charge in [0.2, 0.25) is 0 Å². The van der Waals surface area contributed by atoms with Crippen molar-refractivity contribution in [2.75, 3.05) is 44.3 Å². The SMILES string of the molecule is O=C(c1ccc(-c2ccc3c(c2)OCCO3)s1)N1CCN(c2ccc([N+](=O)[O-])cc2)CC1. The molecule has 0 spiro atoms. The van der Waals surface area contributed by atoms with Crippen molar-refractivity contribution in [3.8, 4) is 21.9 Å². The largest absolute Gasteiger partial charge is 0.486 e. The molecule has 1 aromatic heterocycles. The van der Waals surface area contributed by atoms with E-state index in [-0.39, 0.29) is 11.6 Å². The average Bonchev–Trinajstić information content (AvgIpc) is 3.34. The van der Waals surface area contributed by atoms with E-state index in [0.717, 1.165) is 27.6 Å². The summed E-state index contributed by atoms with van der Waals surface area (Å²) in [7, 11) is 0. The first kappa shape index (κ1) is 20.3. The first-order chi connectivity index (χ1) is 15.6. The van der Waals surface area contributed by atoms with Crippen LogP contribution in [0, 0.1) is 10.1 Å². The number of piperazine rings is 1. The van der Waals surface area contributed by atoms with Gasteiger partial charge in [-0.3, -0.25) is 14.9 Å².